The van der Waals surface area contributed by atoms with Crippen LogP contribution in [0.3, 0.4) is 0 Å². The fraction of sp³-hybridized carbons (Fsp3) is 1.00. The first-order chi connectivity index (χ1) is 5.99. The molecule has 2 heteroatoms. The van der Waals surface area contributed by atoms with Gasteiger partial charge in [0.25, 0.3) is 0 Å². The van der Waals surface area contributed by atoms with Crippen molar-refractivity contribution in [3.63, 3.8) is 0 Å². The Bertz CT molecular complexity index is 151. The monoisotopic (exact) mass is 296 g/mol. The number of rotatable bonds is 1. The summed E-state index contributed by atoms with van der Waals surface area (Å²) in [5.41, 5.74) is 0.0262. The second-order valence-corrected chi connectivity index (χ2v) is 6.52. The zero-order valence-electron chi connectivity index (χ0n) is 8.98. The highest BCUT2D eigenvalue weighted by atomic mass is 127. The summed E-state index contributed by atoms with van der Waals surface area (Å²) in [6.07, 6.45) is 7.20. The van der Waals surface area contributed by atoms with Crippen molar-refractivity contribution in [1.29, 1.82) is 0 Å². The fourth-order valence-electron chi connectivity index (χ4n) is 1.82. The highest BCUT2D eigenvalue weighted by Gasteiger charge is 2.26. The van der Waals surface area contributed by atoms with E-state index in [1.807, 2.05) is 0 Å². The topological polar surface area (TPSA) is 9.23 Å². The summed E-state index contributed by atoms with van der Waals surface area (Å²) in [4.78, 5) is 0. The van der Waals surface area contributed by atoms with E-state index in [9.17, 15) is 0 Å². The molecule has 0 aromatic carbocycles. The van der Waals surface area contributed by atoms with Gasteiger partial charge < -0.3 is 4.74 Å². The van der Waals surface area contributed by atoms with Gasteiger partial charge in [0, 0.05) is 3.92 Å². The summed E-state index contributed by atoms with van der Waals surface area (Å²) in [6.45, 7) is 6.46. The first-order valence-electron chi connectivity index (χ1n) is 5.31. The van der Waals surface area contributed by atoms with Crippen molar-refractivity contribution in [3.8, 4) is 0 Å². The van der Waals surface area contributed by atoms with Gasteiger partial charge in [-0.3, -0.25) is 0 Å². The van der Waals surface area contributed by atoms with Gasteiger partial charge in [-0.25, -0.2) is 0 Å². The molecule has 0 saturated heterocycles. The van der Waals surface area contributed by atoms with E-state index in [2.05, 4.69) is 43.4 Å². The third kappa shape index (κ3) is 4.63. The van der Waals surface area contributed by atoms with E-state index >= 15 is 0 Å². The first kappa shape index (κ1) is 11.8. The molecular formula is C11H21IO. The van der Waals surface area contributed by atoms with Crippen molar-refractivity contribution in [2.45, 2.75) is 68.5 Å². The lowest BCUT2D eigenvalue weighted by molar-refractivity contribution is -0.0604. The number of alkyl halides is 1. The molecule has 1 aliphatic rings. The third-order valence-corrected chi connectivity index (χ3v) is 3.80. The van der Waals surface area contributed by atoms with Gasteiger partial charge in [-0.1, -0.05) is 41.9 Å². The van der Waals surface area contributed by atoms with E-state index in [1.165, 1.54) is 32.1 Å². The molecule has 2 atom stereocenters. The van der Waals surface area contributed by atoms with Gasteiger partial charge in [0.15, 0.2) is 0 Å². The Morgan fingerprint density at radius 1 is 1.08 bits per heavy atom. The largest absolute Gasteiger partial charge is 0.372 e. The van der Waals surface area contributed by atoms with Crippen molar-refractivity contribution >= 4 is 22.6 Å². The van der Waals surface area contributed by atoms with Crippen LogP contribution in [0.15, 0.2) is 0 Å². The van der Waals surface area contributed by atoms with Crippen LogP contribution in [-0.4, -0.2) is 15.6 Å². The molecule has 1 aliphatic carbocycles. The van der Waals surface area contributed by atoms with E-state index in [4.69, 9.17) is 4.74 Å². The Morgan fingerprint density at radius 2 is 1.69 bits per heavy atom. The van der Waals surface area contributed by atoms with Crippen LogP contribution in [0.4, 0.5) is 0 Å². The van der Waals surface area contributed by atoms with Crippen LogP contribution in [-0.2, 0) is 4.74 Å². The Hall–Kier alpha value is 0.690. The normalized spacial score (nSPS) is 31.4. The quantitative estimate of drug-likeness (QED) is 0.404. The lowest BCUT2D eigenvalue weighted by Crippen LogP contribution is -2.32. The predicted molar refractivity (Wildman–Crippen MR) is 65.5 cm³/mol. The minimum Gasteiger partial charge on any atom is -0.372 e. The smallest absolute Gasteiger partial charge is 0.0699 e. The summed E-state index contributed by atoms with van der Waals surface area (Å²) >= 11 is 2.56. The maximum atomic E-state index is 6.06. The Morgan fingerprint density at radius 3 is 2.31 bits per heavy atom. The van der Waals surface area contributed by atoms with Gasteiger partial charge in [0.1, 0.15) is 0 Å². The molecular weight excluding hydrogens is 275 g/mol. The van der Waals surface area contributed by atoms with E-state index < -0.39 is 0 Å². The van der Waals surface area contributed by atoms with E-state index in [-0.39, 0.29) is 5.60 Å². The van der Waals surface area contributed by atoms with Crippen LogP contribution in [0.5, 0.6) is 0 Å². The number of ether oxygens (including phenoxy) is 1. The molecule has 0 spiro atoms. The van der Waals surface area contributed by atoms with Crippen molar-refractivity contribution in [2.24, 2.45) is 0 Å². The van der Waals surface area contributed by atoms with Gasteiger partial charge in [0.2, 0.25) is 0 Å². The third-order valence-electron chi connectivity index (χ3n) is 2.38. The summed E-state index contributed by atoms with van der Waals surface area (Å²) in [5, 5.41) is 0. The van der Waals surface area contributed by atoms with Crippen LogP contribution in [0.2, 0.25) is 0 Å². The molecule has 0 radical (unpaired) electrons. The average molecular weight is 296 g/mol. The van der Waals surface area contributed by atoms with Gasteiger partial charge in [-0.2, -0.15) is 0 Å². The van der Waals surface area contributed by atoms with Crippen LogP contribution in [0.1, 0.15) is 52.9 Å². The molecule has 1 nitrogen and oxygen atoms in total. The van der Waals surface area contributed by atoms with E-state index in [1.54, 1.807) is 0 Å². The Balaban J connectivity index is 2.45. The summed E-state index contributed by atoms with van der Waals surface area (Å²) in [5.74, 6) is 0. The highest BCUT2D eigenvalue weighted by molar-refractivity contribution is 14.1. The second kappa shape index (κ2) is 4.96. The summed E-state index contributed by atoms with van der Waals surface area (Å²) < 4.78 is 6.78. The Kier molecular flexibility index (Phi) is 4.49. The number of hydrogen-bond donors (Lipinski definition) is 0. The number of hydrogen-bond acceptors (Lipinski definition) is 1. The fourth-order valence-corrected chi connectivity index (χ4v) is 2.76. The molecule has 1 saturated carbocycles. The van der Waals surface area contributed by atoms with Crippen LogP contribution < -0.4 is 0 Å². The van der Waals surface area contributed by atoms with Crippen molar-refractivity contribution in [2.75, 3.05) is 0 Å². The molecule has 0 bridgehead atoms. The van der Waals surface area contributed by atoms with Gasteiger partial charge in [-0.15, -0.1) is 0 Å². The van der Waals surface area contributed by atoms with Gasteiger partial charge in [-0.05, 0) is 33.6 Å². The van der Waals surface area contributed by atoms with Crippen molar-refractivity contribution < 1.29 is 4.74 Å². The number of halogens is 1. The molecule has 2 unspecified atom stereocenters. The Labute approximate surface area is 95.8 Å². The SMILES string of the molecule is CC(C)(C)OC1CCCCCC1I. The average Bonchev–Trinajstić information content (AvgIpc) is 2.14. The van der Waals surface area contributed by atoms with Crippen molar-refractivity contribution in [3.05, 3.63) is 0 Å². The molecule has 1 fully saturated rings. The maximum Gasteiger partial charge on any atom is 0.0699 e. The maximum absolute atomic E-state index is 6.06. The van der Waals surface area contributed by atoms with Gasteiger partial charge in [0.05, 0.1) is 11.7 Å². The van der Waals surface area contributed by atoms with E-state index in [0.29, 0.717) is 6.10 Å². The van der Waals surface area contributed by atoms with Crippen LogP contribution in [0, 0.1) is 0 Å². The molecule has 0 N–H and O–H groups in total. The molecule has 1 rings (SSSR count). The first-order valence-corrected chi connectivity index (χ1v) is 6.55. The molecule has 0 aliphatic heterocycles. The molecule has 0 aromatic heterocycles. The predicted octanol–water partition coefficient (Wildman–Crippen LogP) is 3.94. The van der Waals surface area contributed by atoms with Crippen LogP contribution in [0.25, 0.3) is 0 Å². The molecule has 0 heterocycles. The molecule has 13 heavy (non-hydrogen) atoms. The zero-order valence-corrected chi connectivity index (χ0v) is 11.1. The lowest BCUT2D eigenvalue weighted by Gasteiger charge is -2.29. The highest BCUT2D eigenvalue weighted by Crippen LogP contribution is 2.29. The van der Waals surface area contributed by atoms with Crippen LogP contribution >= 0.6 is 22.6 Å². The minimum atomic E-state index is 0.0262. The van der Waals surface area contributed by atoms with Crippen molar-refractivity contribution in [1.82, 2.24) is 0 Å². The van der Waals surface area contributed by atoms with E-state index in [0.717, 1.165) is 3.92 Å². The van der Waals surface area contributed by atoms with Gasteiger partial charge >= 0.3 is 0 Å². The molecule has 0 aromatic rings. The lowest BCUT2D eigenvalue weighted by atomic mass is 10.1. The summed E-state index contributed by atoms with van der Waals surface area (Å²) in [6, 6.07) is 0. The second-order valence-electron chi connectivity index (χ2n) is 4.92. The molecule has 0 amide bonds. The molecule has 78 valence electrons. The zero-order chi connectivity index (χ0) is 9.90. The standard InChI is InChI=1S/C11H21IO/c1-11(2,3)13-10-8-6-4-5-7-9(10)12/h9-10H,4-8H2,1-3H3. The minimum absolute atomic E-state index is 0.0262. The summed E-state index contributed by atoms with van der Waals surface area (Å²) in [7, 11) is 0.